The topological polar surface area (TPSA) is 507 Å². The van der Waals surface area contributed by atoms with Crippen molar-refractivity contribution in [3.05, 3.63) is 0 Å². The molecule has 3 fully saturated rings. The van der Waals surface area contributed by atoms with Crippen molar-refractivity contribution in [1.82, 2.24) is 26.3 Å². The molecule has 127 heavy (non-hydrogen) atoms. The first-order valence-corrected chi connectivity index (χ1v) is 49.0. The molecule has 4 amide bonds. The number of hydroxylamine groups is 1. The fraction of sp³-hybridized carbons (Fsp3) is 0.935. The summed E-state index contributed by atoms with van der Waals surface area (Å²) < 4.78 is 62.4. The van der Waals surface area contributed by atoms with Crippen molar-refractivity contribution in [3.63, 3.8) is 0 Å². The number of amides is 4. The zero-order valence-corrected chi connectivity index (χ0v) is 77.4. The first kappa shape index (κ1) is 117. The van der Waals surface area contributed by atoms with Crippen LogP contribution in [0.3, 0.4) is 0 Å². The number of aliphatic hydroxyl groups is 12. The van der Waals surface area contributed by atoms with Gasteiger partial charge in [0, 0.05) is 104 Å². The van der Waals surface area contributed by atoms with Crippen LogP contribution in [-0.2, 0) is 85.7 Å². The molecular formula is C92H173N5O30. The molecule has 3 rings (SSSR count). The summed E-state index contributed by atoms with van der Waals surface area (Å²) in [6.45, 7) is 5.40. The third-order valence-corrected chi connectivity index (χ3v) is 23.3. The number of hydrogen-bond donors (Lipinski definition) is 16. The van der Waals surface area contributed by atoms with Gasteiger partial charge in [-0.15, -0.1) is 0 Å². The molecule has 0 aromatic heterocycles. The maximum Gasteiger partial charge on any atom is 0.324 e. The van der Waals surface area contributed by atoms with Crippen LogP contribution in [0.4, 0.5) is 0 Å². The molecule has 3 aliphatic rings. The van der Waals surface area contributed by atoms with Crippen LogP contribution in [0, 0.1) is 0 Å². The van der Waals surface area contributed by atoms with Crippen molar-refractivity contribution in [2.24, 2.45) is 0 Å². The minimum Gasteiger partial charge on any atom is -0.463 e. The smallest absolute Gasteiger partial charge is 0.324 e. The Morgan fingerprint density at radius 1 is 0.331 bits per heavy atom. The average Bonchev–Trinajstić information content (AvgIpc) is 0.833. The van der Waals surface area contributed by atoms with E-state index in [4.69, 9.17) is 56.9 Å². The van der Waals surface area contributed by atoms with Gasteiger partial charge < -0.3 is 139 Å². The molecule has 3 aliphatic heterocycles. The van der Waals surface area contributed by atoms with Gasteiger partial charge in [-0.2, -0.15) is 5.48 Å². The predicted octanol–water partition coefficient (Wildman–Crippen LogP) is 6.77. The highest BCUT2D eigenvalue weighted by Gasteiger charge is 2.46. The summed E-state index contributed by atoms with van der Waals surface area (Å²) in [5.41, 5.74) is 2.61. The van der Waals surface area contributed by atoms with E-state index in [9.17, 15) is 90.0 Å². The van der Waals surface area contributed by atoms with Gasteiger partial charge >= 0.3 is 11.9 Å². The number of rotatable bonds is 85. The Kier molecular flexibility index (Phi) is 72.1. The molecule has 0 aromatic rings. The van der Waals surface area contributed by atoms with Crippen molar-refractivity contribution in [1.29, 1.82) is 0 Å². The lowest BCUT2D eigenvalue weighted by Crippen LogP contribution is -2.59. The Bertz CT molecular complexity index is 2600. The molecule has 3 heterocycles. The van der Waals surface area contributed by atoms with Crippen molar-refractivity contribution in [3.8, 4) is 0 Å². The van der Waals surface area contributed by atoms with Gasteiger partial charge in [0.05, 0.1) is 46.2 Å². The number of aliphatic hydroxyl groups excluding tert-OH is 12. The van der Waals surface area contributed by atoms with Crippen LogP contribution in [0.2, 0.25) is 0 Å². The summed E-state index contributed by atoms with van der Waals surface area (Å²) in [6.07, 6.45) is 22.6. The number of hydrogen-bond acceptors (Lipinski definition) is 31. The lowest BCUT2D eigenvalue weighted by molar-refractivity contribution is -0.301. The largest absolute Gasteiger partial charge is 0.463 e. The highest BCUT2D eigenvalue weighted by atomic mass is 16.7. The molecule has 0 bridgehead atoms. The molecule has 0 aromatic carbocycles. The maximum atomic E-state index is 14.8. The summed E-state index contributed by atoms with van der Waals surface area (Å²) in [6, 6.07) is -1.12. The summed E-state index contributed by atoms with van der Waals surface area (Å²) >= 11 is 0. The highest BCUT2D eigenvalue weighted by Crippen LogP contribution is 2.27. The van der Waals surface area contributed by atoms with Crippen molar-refractivity contribution >= 4 is 35.6 Å². The monoisotopic (exact) mass is 1830 g/mol. The quantitative estimate of drug-likeness (QED) is 0.0170. The van der Waals surface area contributed by atoms with Gasteiger partial charge in [0.1, 0.15) is 92.0 Å². The van der Waals surface area contributed by atoms with Crippen molar-refractivity contribution in [2.45, 2.75) is 426 Å². The fourth-order valence-corrected chi connectivity index (χ4v) is 15.2. The van der Waals surface area contributed by atoms with Crippen LogP contribution >= 0.6 is 0 Å². The first-order chi connectivity index (χ1) is 61.7. The minimum atomic E-state index is -1.61. The molecule has 0 saturated carbocycles. The molecule has 746 valence electrons. The molecule has 3 saturated heterocycles. The average molecular weight is 1830 g/mol. The SMILES string of the molecule is CCCCCCCCCCCCCCCCCCOCC(COC(=O)CCCOCCOCCC(=O)N[C@@H](CCCNOC(=O)CCCCOC1OC(CO)C(O)C(O)C1O)C(=O)N(CCCNC(=O)CCCCOC1OC(CO)C(O)C(O)C1O)CCCNC(=O)CCCCOC1OC(CO)C(O)C(O)C1O)OCCCCCCCCCCCCCCCCCC. The van der Waals surface area contributed by atoms with E-state index in [1.165, 1.54) is 185 Å². The summed E-state index contributed by atoms with van der Waals surface area (Å²) in [5, 5.41) is 129. The molecule has 0 radical (unpaired) electrons. The Hall–Kier alpha value is -4.10. The second kappa shape index (κ2) is 78.2. The van der Waals surface area contributed by atoms with Crippen LogP contribution in [0.1, 0.15) is 322 Å². The Balaban J connectivity index is 1.55. The number of unbranched alkanes of at least 4 members (excludes halogenated alkanes) is 33. The lowest BCUT2D eigenvalue weighted by Gasteiger charge is -2.39. The van der Waals surface area contributed by atoms with Gasteiger partial charge in [-0.3, -0.25) is 28.8 Å². The zero-order chi connectivity index (χ0) is 92.5. The zero-order valence-electron chi connectivity index (χ0n) is 77.4. The molecule has 16 unspecified atom stereocenters. The normalized spacial score (nSPS) is 23.0. The van der Waals surface area contributed by atoms with E-state index >= 15 is 0 Å². The Morgan fingerprint density at radius 3 is 1.10 bits per heavy atom. The van der Waals surface area contributed by atoms with Gasteiger partial charge in [-0.05, 0) is 83.5 Å². The van der Waals surface area contributed by atoms with Crippen LogP contribution in [0.15, 0.2) is 0 Å². The van der Waals surface area contributed by atoms with Crippen LogP contribution in [0.5, 0.6) is 0 Å². The lowest BCUT2D eigenvalue weighted by atomic mass is 9.99. The Labute approximate surface area is 757 Å². The molecule has 35 nitrogen and oxygen atoms in total. The van der Waals surface area contributed by atoms with Gasteiger partial charge in [0.2, 0.25) is 23.6 Å². The third kappa shape index (κ3) is 56.6. The third-order valence-electron chi connectivity index (χ3n) is 23.3. The maximum absolute atomic E-state index is 14.8. The summed E-state index contributed by atoms with van der Waals surface area (Å²) in [4.78, 5) is 87.2. The van der Waals surface area contributed by atoms with E-state index in [1.54, 1.807) is 0 Å². The van der Waals surface area contributed by atoms with E-state index in [0.717, 1.165) is 25.7 Å². The van der Waals surface area contributed by atoms with Crippen LogP contribution in [-0.4, -0.2) is 331 Å². The molecule has 0 spiro atoms. The van der Waals surface area contributed by atoms with Crippen LogP contribution in [0.25, 0.3) is 0 Å². The van der Waals surface area contributed by atoms with E-state index < -0.39 is 136 Å². The second-order valence-corrected chi connectivity index (χ2v) is 34.4. The first-order valence-electron chi connectivity index (χ1n) is 49.0. The minimum absolute atomic E-state index is 0.00412. The molecule has 35 heteroatoms. The van der Waals surface area contributed by atoms with Crippen LogP contribution < -0.4 is 21.4 Å². The Morgan fingerprint density at radius 2 is 0.693 bits per heavy atom. The predicted molar refractivity (Wildman–Crippen MR) is 474 cm³/mol. The molecular weight excluding hydrogens is 1660 g/mol. The molecule has 17 atom stereocenters. The summed E-state index contributed by atoms with van der Waals surface area (Å²) in [7, 11) is 0. The van der Waals surface area contributed by atoms with E-state index in [0.29, 0.717) is 58.3 Å². The van der Waals surface area contributed by atoms with Crippen molar-refractivity contribution < 1.29 is 147 Å². The van der Waals surface area contributed by atoms with Crippen molar-refractivity contribution in [2.75, 3.05) is 125 Å². The molecule has 0 aliphatic carbocycles. The van der Waals surface area contributed by atoms with Gasteiger partial charge in [0.15, 0.2) is 18.9 Å². The fourth-order valence-electron chi connectivity index (χ4n) is 15.2. The standard InChI is InChI=1S/C92H173N5O30/c1-3-5-7-9-11-13-15-17-19-21-23-25-27-29-31-36-56-118-68-70(119-58-37-32-30-28-26-24-22-20-18-16-14-12-10-8-6-4-2)69-123-78(104)49-42-57-116-63-64-117-62-50-77(103)96-71(45-41-53-95-127-79(105)48-35-40-61-122-92-88(114)85(111)82(108)74(67-100)126-92)89(115)97(54-43-51-93-75(101)46-33-38-59-120-90-86(112)83(109)80(106)72(65-98)124-90)55-44-52-94-76(102)47-34-39-60-121-91-87(113)84(110)81(107)73(66-99)125-91/h70-74,80-88,90-92,95,98-100,106-114H,3-69H2,1-2H3,(H,93,101)(H,94,102)(H,96,103)/t70?,71-,72?,73?,74?,80?,81?,82?,83?,84?,85?,86?,87?,88?,90?,91?,92?/m0/s1. The molecule has 16 N–H and O–H groups in total. The van der Waals surface area contributed by atoms with Gasteiger partial charge in [-0.1, -0.05) is 206 Å². The number of nitrogens with zero attached hydrogens (tertiary/aromatic N) is 1. The number of carbonyl (C=O) groups excluding carboxylic acids is 6. The number of esters is 1. The van der Waals surface area contributed by atoms with E-state index in [1.807, 2.05) is 0 Å². The van der Waals surface area contributed by atoms with E-state index in [2.05, 4.69) is 35.3 Å². The van der Waals surface area contributed by atoms with E-state index in [-0.39, 0.29) is 174 Å². The van der Waals surface area contributed by atoms with Gasteiger partial charge in [0.25, 0.3) is 0 Å². The summed E-state index contributed by atoms with van der Waals surface area (Å²) in [5.74, 6) is -2.60. The number of nitrogens with one attached hydrogen (secondary N) is 4. The highest BCUT2D eigenvalue weighted by molar-refractivity contribution is 5.87. The van der Waals surface area contributed by atoms with Gasteiger partial charge in [-0.25, -0.2) is 0 Å². The number of carbonyl (C=O) groups is 6. The number of ether oxygens (including phenoxy) is 11. The second-order valence-electron chi connectivity index (χ2n) is 34.4.